The van der Waals surface area contributed by atoms with Crippen molar-refractivity contribution in [2.24, 2.45) is 0 Å². The highest BCUT2D eigenvalue weighted by Crippen LogP contribution is 2.28. The topological polar surface area (TPSA) is 58.6 Å². The molecular formula is C14H18N2O3. The van der Waals surface area contributed by atoms with Crippen LogP contribution in [0, 0.1) is 6.92 Å². The maximum Gasteiger partial charge on any atom is 0.251 e. The highest BCUT2D eigenvalue weighted by Gasteiger charge is 2.36. The lowest BCUT2D eigenvalue weighted by Gasteiger charge is -2.16. The van der Waals surface area contributed by atoms with Gasteiger partial charge in [0.15, 0.2) is 0 Å². The number of amides is 2. The summed E-state index contributed by atoms with van der Waals surface area (Å²) in [6, 6.07) is 5.22. The number of hydrogen-bond donors (Lipinski definition) is 1. The van der Waals surface area contributed by atoms with E-state index in [4.69, 9.17) is 4.74 Å². The van der Waals surface area contributed by atoms with Crippen molar-refractivity contribution in [3.05, 3.63) is 23.8 Å². The monoisotopic (exact) mass is 262 g/mol. The summed E-state index contributed by atoms with van der Waals surface area (Å²) in [6.45, 7) is 4.43. The van der Waals surface area contributed by atoms with E-state index < -0.39 is 6.04 Å². The number of anilines is 1. The Morgan fingerprint density at radius 3 is 2.74 bits per heavy atom. The van der Waals surface area contributed by atoms with E-state index >= 15 is 0 Å². The number of hydrogen-bond acceptors (Lipinski definition) is 4. The second-order valence-corrected chi connectivity index (χ2v) is 4.62. The van der Waals surface area contributed by atoms with Gasteiger partial charge in [0, 0.05) is 7.05 Å². The van der Waals surface area contributed by atoms with Crippen LogP contribution in [0.2, 0.25) is 0 Å². The molecule has 5 nitrogen and oxygen atoms in total. The Labute approximate surface area is 112 Å². The van der Waals surface area contributed by atoms with Crippen molar-refractivity contribution in [1.29, 1.82) is 0 Å². The quantitative estimate of drug-likeness (QED) is 0.837. The van der Waals surface area contributed by atoms with Crippen LogP contribution in [0.4, 0.5) is 5.69 Å². The highest BCUT2D eigenvalue weighted by molar-refractivity contribution is 6.06. The zero-order valence-electron chi connectivity index (χ0n) is 11.4. The molecule has 1 aromatic rings. The van der Waals surface area contributed by atoms with Gasteiger partial charge >= 0.3 is 0 Å². The Kier molecular flexibility index (Phi) is 3.74. The molecule has 0 aliphatic carbocycles. The zero-order valence-corrected chi connectivity index (χ0v) is 11.4. The summed E-state index contributed by atoms with van der Waals surface area (Å²) >= 11 is 0. The Bertz CT molecular complexity index is 513. The molecule has 1 N–H and O–H groups in total. The number of nitrogens with one attached hydrogen (secondary N) is 1. The lowest BCUT2D eigenvalue weighted by atomic mass is 10.1. The number of imide groups is 1. The average molecular weight is 262 g/mol. The molecule has 0 spiro atoms. The molecule has 0 saturated carbocycles. The largest absolute Gasteiger partial charge is 0.492 e. The third kappa shape index (κ3) is 2.70. The van der Waals surface area contributed by atoms with Crippen molar-refractivity contribution in [3.8, 4) is 5.75 Å². The molecule has 1 heterocycles. The van der Waals surface area contributed by atoms with E-state index in [1.807, 2.05) is 32.0 Å². The van der Waals surface area contributed by atoms with Gasteiger partial charge in [-0.15, -0.1) is 0 Å². The minimum Gasteiger partial charge on any atom is -0.492 e. The van der Waals surface area contributed by atoms with Crippen molar-refractivity contribution in [2.75, 3.05) is 19.0 Å². The van der Waals surface area contributed by atoms with Gasteiger partial charge < -0.3 is 10.1 Å². The predicted molar refractivity (Wildman–Crippen MR) is 72.2 cm³/mol. The molecule has 1 atom stereocenters. The number of carbonyl (C=O) groups excluding carboxylic acids is 2. The fraction of sp³-hybridized carbons (Fsp3) is 0.429. The van der Waals surface area contributed by atoms with Gasteiger partial charge in [0.25, 0.3) is 5.91 Å². The first-order valence-corrected chi connectivity index (χ1v) is 6.33. The van der Waals surface area contributed by atoms with Crippen molar-refractivity contribution in [1.82, 2.24) is 4.90 Å². The Morgan fingerprint density at radius 1 is 1.42 bits per heavy atom. The van der Waals surface area contributed by atoms with E-state index in [-0.39, 0.29) is 18.2 Å². The van der Waals surface area contributed by atoms with Gasteiger partial charge in [-0.3, -0.25) is 14.5 Å². The minimum absolute atomic E-state index is 0.160. The van der Waals surface area contributed by atoms with Crippen molar-refractivity contribution < 1.29 is 14.3 Å². The Morgan fingerprint density at radius 2 is 2.16 bits per heavy atom. The summed E-state index contributed by atoms with van der Waals surface area (Å²) in [7, 11) is 1.50. The highest BCUT2D eigenvalue weighted by atomic mass is 16.5. The summed E-state index contributed by atoms with van der Waals surface area (Å²) in [4.78, 5) is 24.5. The van der Waals surface area contributed by atoms with Gasteiger partial charge in [-0.1, -0.05) is 6.07 Å². The number of likely N-dealkylation sites (tertiary alicyclic amines) is 1. The van der Waals surface area contributed by atoms with E-state index in [0.717, 1.165) is 16.2 Å². The van der Waals surface area contributed by atoms with E-state index in [1.165, 1.54) is 7.05 Å². The molecule has 2 rings (SSSR count). The maximum absolute atomic E-state index is 11.9. The van der Waals surface area contributed by atoms with Crippen LogP contribution in [0.3, 0.4) is 0 Å². The van der Waals surface area contributed by atoms with E-state index in [0.29, 0.717) is 12.4 Å². The van der Waals surface area contributed by atoms with Gasteiger partial charge in [0.05, 0.1) is 18.7 Å². The van der Waals surface area contributed by atoms with Gasteiger partial charge in [-0.2, -0.15) is 0 Å². The summed E-state index contributed by atoms with van der Waals surface area (Å²) in [5.41, 5.74) is 1.83. The summed E-state index contributed by atoms with van der Waals surface area (Å²) in [5, 5.41) is 3.10. The lowest BCUT2D eigenvalue weighted by Crippen LogP contribution is -2.31. The van der Waals surface area contributed by atoms with Crippen LogP contribution < -0.4 is 10.1 Å². The SMILES string of the molecule is CCOc1cc(C)ccc1NC1CC(=O)N(C)C1=O. The van der Waals surface area contributed by atoms with Crippen LogP contribution in [-0.2, 0) is 9.59 Å². The van der Waals surface area contributed by atoms with Crippen LogP contribution in [0.1, 0.15) is 18.9 Å². The zero-order chi connectivity index (χ0) is 14.0. The lowest BCUT2D eigenvalue weighted by molar-refractivity contribution is -0.136. The predicted octanol–water partition coefficient (Wildman–Crippen LogP) is 1.56. The molecule has 19 heavy (non-hydrogen) atoms. The van der Waals surface area contributed by atoms with E-state index in [1.54, 1.807) is 0 Å². The van der Waals surface area contributed by atoms with Gasteiger partial charge in [0.2, 0.25) is 5.91 Å². The molecule has 2 amide bonds. The van der Waals surface area contributed by atoms with Crippen molar-refractivity contribution in [2.45, 2.75) is 26.3 Å². The first-order chi connectivity index (χ1) is 9.02. The molecule has 0 radical (unpaired) electrons. The molecule has 5 heteroatoms. The minimum atomic E-state index is -0.501. The van der Waals surface area contributed by atoms with Crippen LogP contribution in [0.25, 0.3) is 0 Å². The number of aryl methyl sites for hydroxylation is 1. The fourth-order valence-electron chi connectivity index (χ4n) is 2.08. The van der Waals surface area contributed by atoms with Crippen LogP contribution in [0.15, 0.2) is 18.2 Å². The molecule has 1 fully saturated rings. The van der Waals surface area contributed by atoms with Gasteiger partial charge in [0.1, 0.15) is 11.8 Å². The van der Waals surface area contributed by atoms with Crippen LogP contribution in [-0.4, -0.2) is 36.4 Å². The molecule has 1 aliphatic heterocycles. The molecule has 1 aliphatic rings. The Hall–Kier alpha value is -2.04. The van der Waals surface area contributed by atoms with Crippen molar-refractivity contribution >= 4 is 17.5 Å². The summed E-state index contributed by atoms with van der Waals surface area (Å²) < 4.78 is 5.54. The third-order valence-electron chi connectivity index (χ3n) is 3.15. The second kappa shape index (κ2) is 5.30. The fourth-order valence-corrected chi connectivity index (χ4v) is 2.08. The molecular weight excluding hydrogens is 244 g/mol. The maximum atomic E-state index is 11.9. The van der Waals surface area contributed by atoms with Gasteiger partial charge in [-0.05, 0) is 31.5 Å². The average Bonchev–Trinajstić information content (AvgIpc) is 2.61. The van der Waals surface area contributed by atoms with E-state index in [2.05, 4.69) is 5.32 Å². The first kappa shape index (κ1) is 13.4. The van der Waals surface area contributed by atoms with Crippen LogP contribution in [0.5, 0.6) is 5.75 Å². The van der Waals surface area contributed by atoms with E-state index in [9.17, 15) is 9.59 Å². The van der Waals surface area contributed by atoms with Crippen molar-refractivity contribution in [3.63, 3.8) is 0 Å². The number of carbonyl (C=O) groups is 2. The molecule has 1 unspecified atom stereocenters. The third-order valence-corrected chi connectivity index (χ3v) is 3.15. The number of benzene rings is 1. The summed E-state index contributed by atoms with van der Waals surface area (Å²) in [6.07, 6.45) is 0.189. The van der Waals surface area contributed by atoms with Crippen LogP contribution >= 0.6 is 0 Å². The second-order valence-electron chi connectivity index (χ2n) is 4.62. The number of likely N-dealkylation sites (N-methyl/N-ethyl adjacent to an activating group) is 1. The van der Waals surface area contributed by atoms with Gasteiger partial charge in [-0.25, -0.2) is 0 Å². The standard InChI is InChI=1S/C14H18N2O3/c1-4-19-12-7-9(2)5-6-10(12)15-11-8-13(17)16(3)14(11)18/h5-7,11,15H,4,8H2,1-3H3. The number of rotatable bonds is 4. The molecule has 1 saturated heterocycles. The molecule has 0 bridgehead atoms. The smallest absolute Gasteiger partial charge is 0.251 e. The Balaban J connectivity index is 2.19. The molecule has 102 valence electrons. The normalized spacial score (nSPS) is 18.9. The number of ether oxygens (including phenoxy) is 1. The molecule has 0 aromatic heterocycles. The molecule has 1 aromatic carbocycles. The number of nitrogens with zero attached hydrogens (tertiary/aromatic N) is 1. The first-order valence-electron chi connectivity index (χ1n) is 6.33. The summed E-state index contributed by atoms with van der Waals surface area (Å²) in [5.74, 6) is 0.345.